The van der Waals surface area contributed by atoms with Crippen LogP contribution in [0.25, 0.3) is 0 Å². The lowest BCUT2D eigenvalue weighted by atomic mass is 9.89. The lowest BCUT2D eigenvalue weighted by Crippen LogP contribution is -2.30. The number of aliphatic hydroxyl groups is 1. The van der Waals surface area contributed by atoms with Crippen molar-refractivity contribution in [3.05, 3.63) is 29.3 Å². The maximum absolute atomic E-state index is 9.94. The summed E-state index contributed by atoms with van der Waals surface area (Å²) in [6.45, 7) is 6.56. The monoisotopic (exact) mass is 236 g/mol. The highest BCUT2D eigenvalue weighted by atomic mass is 28.4. The van der Waals surface area contributed by atoms with Crippen molar-refractivity contribution in [1.82, 2.24) is 0 Å². The Labute approximate surface area is 98.4 Å². The molecule has 0 saturated heterocycles. The van der Waals surface area contributed by atoms with Crippen LogP contribution in [0.5, 0.6) is 5.75 Å². The molecule has 1 N–H and O–H groups in total. The molecule has 0 spiro atoms. The Morgan fingerprint density at radius 3 is 2.75 bits per heavy atom. The largest absolute Gasteiger partial charge is 0.544 e. The van der Waals surface area contributed by atoms with Gasteiger partial charge >= 0.3 is 0 Å². The third-order valence-electron chi connectivity index (χ3n) is 2.85. The molecule has 1 aromatic carbocycles. The van der Waals surface area contributed by atoms with Crippen molar-refractivity contribution < 1.29 is 9.53 Å². The van der Waals surface area contributed by atoms with Gasteiger partial charge in [-0.15, -0.1) is 0 Å². The quantitative estimate of drug-likeness (QED) is 0.799. The summed E-state index contributed by atoms with van der Waals surface area (Å²) in [4.78, 5) is 0. The molecule has 1 aliphatic rings. The topological polar surface area (TPSA) is 29.5 Å². The van der Waals surface area contributed by atoms with Gasteiger partial charge in [-0.1, -0.05) is 12.1 Å². The molecule has 1 aliphatic carbocycles. The van der Waals surface area contributed by atoms with Crippen LogP contribution in [0.4, 0.5) is 0 Å². The molecule has 0 saturated carbocycles. The molecule has 16 heavy (non-hydrogen) atoms. The van der Waals surface area contributed by atoms with E-state index in [2.05, 4.69) is 19.6 Å². The zero-order valence-electron chi connectivity index (χ0n) is 10.3. The first kappa shape index (κ1) is 11.7. The summed E-state index contributed by atoms with van der Waals surface area (Å²) in [5.41, 5.74) is 2.30. The van der Waals surface area contributed by atoms with Crippen molar-refractivity contribution in [2.75, 3.05) is 0 Å². The van der Waals surface area contributed by atoms with E-state index < -0.39 is 8.32 Å². The van der Waals surface area contributed by atoms with E-state index in [0.717, 1.165) is 30.6 Å². The Bertz CT molecular complexity index is 382. The van der Waals surface area contributed by atoms with Crippen molar-refractivity contribution in [3.8, 4) is 5.75 Å². The number of hydrogen-bond donors (Lipinski definition) is 1. The van der Waals surface area contributed by atoms with Crippen molar-refractivity contribution in [3.63, 3.8) is 0 Å². The minimum absolute atomic E-state index is 0.297. The fraction of sp³-hybridized carbons (Fsp3) is 0.538. The SMILES string of the molecule is C[Si](C)(C)Oc1cccc2c1CCCC2O. The smallest absolute Gasteiger partial charge is 0.242 e. The van der Waals surface area contributed by atoms with Gasteiger partial charge in [0.25, 0.3) is 0 Å². The summed E-state index contributed by atoms with van der Waals surface area (Å²) in [7, 11) is -1.56. The average Bonchev–Trinajstić information content (AvgIpc) is 2.17. The summed E-state index contributed by atoms with van der Waals surface area (Å²) < 4.78 is 6.08. The zero-order chi connectivity index (χ0) is 11.8. The minimum Gasteiger partial charge on any atom is -0.544 e. The number of benzene rings is 1. The molecular weight excluding hydrogens is 216 g/mol. The van der Waals surface area contributed by atoms with Crippen LogP contribution in [-0.2, 0) is 6.42 Å². The van der Waals surface area contributed by atoms with E-state index in [1.807, 2.05) is 18.2 Å². The predicted molar refractivity (Wildman–Crippen MR) is 68.3 cm³/mol. The van der Waals surface area contributed by atoms with E-state index in [9.17, 15) is 5.11 Å². The zero-order valence-corrected chi connectivity index (χ0v) is 11.3. The van der Waals surface area contributed by atoms with Crippen molar-refractivity contribution in [2.45, 2.75) is 45.0 Å². The van der Waals surface area contributed by atoms with Gasteiger partial charge in [-0.2, -0.15) is 0 Å². The molecule has 2 nitrogen and oxygen atoms in total. The Morgan fingerprint density at radius 2 is 2.06 bits per heavy atom. The molecule has 0 radical (unpaired) electrons. The molecule has 3 heteroatoms. The van der Waals surface area contributed by atoms with E-state index in [1.165, 1.54) is 5.56 Å². The normalized spacial score (nSPS) is 20.4. The second-order valence-corrected chi connectivity index (χ2v) is 9.88. The van der Waals surface area contributed by atoms with E-state index in [-0.39, 0.29) is 6.10 Å². The Balaban J connectivity index is 2.36. The molecule has 0 fully saturated rings. The van der Waals surface area contributed by atoms with Crippen molar-refractivity contribution in [2.24, 2.45) is 0 Å². The lowest BCUT2D eigenvalue weighted by Gasteiger charge is -2.27. The Hall–Kier alpha value is -0.803. The van der Waals surface area contributed by atoms with Crippen molar-refractivity contribution >= 4 is 8.32 Å². The van der Waals surface area contributed by atoms with Gasteiger partial charge < -0.3 is 9.53 Å². The van der Waals surface area contributed by atoms with Gasteiger partial charge in [-0.25, -0.2) is 0 Å². The van der Waals surface area contributed by atoms with E-state index in [1.54, 1.807) is 0 Å². The standard InChI is InChI=1S/C13H20O2Si/c1-16(2,3)15-13-9-5-6-10-11(13)7-4-8-12(10)14/h5-6,9,12,14H,4,7-8H2,1-3H3. The molecule has 0 bridgehead atoms. The maximum Gasteiger partial charge on any atom is 0.242 e. The summed E-state index contributed by atoms with van der Waals surface area (Å²) in [6, 6.07) is 6.05. The van der Waals surface area contributed by atoms with Gasteiger partial charge in [0.1, 0.15) is 5.75 Å². The molecule has 0 aliphatic heterocycles. The number of fused-ring (bicyclic) bond motifs is 1. The predicted octanol–water partition coefficient (Wildman–Crippen LogP) is 3.27. The highest BCUT2D eigenvalue weighted by molar-refractivity contribution is 6.70. The fourth-order valence-electron chi connectivity index (χ4n) is 2.22. The van der Waals surface area contributed by atoms with Gasteiger partial charge in [-0.3, -0.25) is 0 Å². The lowest BCUT2D eigenvalue weighted by molar-refractivity contribution is 0.156. The van der Waals surface area contributed by atoms with Crippen LogP contribution in [0.3, 0.4) is 0 Å². The molecule has 1 atom stereocenters. The molecule has 1 unspecified atom stereocenters. The highest BCUT2D eigenvalue weighted by Gasteiger charge is 2.24. The molecule has 1 aromatic rings. The molecule has 0 amide bonds. The van der Waals surface area contributed by atoms with Crippen LogP contribution in [0, 0.1) is 0 Å². The second kappa shape index (κ2) is 4.22. The van der Waals surface area contributed by atoms with Crippen LogP contribution in [-0.4, -0.2) is 13.4 Å². The minimum atomic E-state index is -1.56. The average molecular weight is 236 g/mol. The highest BCUT2D eigenvalue weighted by Crippen LogP contribution is 2.35. The Morgan fingerprint density at radius 1 is 1.31 bits per heavy atom. The third-order valence-corrected chi connectivity index (χ3v) is 3.68. The Kier molecular flexibility index (Phi) is 3.08. The summed E-state index contributed by atoms with van der Waals surface area (Å²) in [5, 5.41) is 9.94. The fourth-order valence-corrected chi connectivity index (χ4v) is 3.07. The second-order valence-electron chi connectivity index (χ2n) is 5.45. The molecule has 0 heterocycles. The first-order valence-corrected chi connectivity index (χ1v) is 9.37. The van der Waals surface area contributed by atoms with E-state index in [4.69, 9.17) is 4.43 Å². The van der Waals surface area contributed by atoms with Gasteiger partial charge in [0.05, 0.1) is 6.10 Å². The number of aliphatic hydroxyl groups excluding tert-OH is 1. The van der Waals surface area contributed by atoms with Crippen molar-refractivity contribution in [1.29, 1.82) is 0 Å². The number of rotatable bonds is 2. The van der Waals surface area contributed by atoms with E-state index >= 15 is 0 Å². The third kappa shape index (κ3) is 2.47. The molecule has 2 rings (SSSR count). The number of hydrogen-bond acceptors (Lipinski definition) is 2. The van der Waals surface area contributed by atoms with Gasteiger partial charge in [0.2, 0.25) is 8.32 Å². The van der Waals surface area contributed by atoms with Crippen LogP contribution >= 0.6 is 0 Å². The summed E-state index contributed by atoms with van der Waals surface area (Å²) in [5.74, 6) is 0.996. The maximum atomic E-state index is 9.94. The van der Waals surface area contributed by atoms with Crippen LogP contribution < -0.4 is 4.43 Å². The summed E-state index contributed by atoms with van der Waals surface area (Å²) in [6.07, 6.45) is 2.67. The van der Waals surface area contributed by atoms with Gasteiger partial charge in [0.15, 0.2) is 0 Å². The molecular formula is C13H20O2Si. The van der Waals surface area contributed by atoms with Crippen LogP contribution in [0.1, 0.15) is 30.1 Å². The summed E-state index contributed by atoms with van der Waals surface area (Å²) >= 11 is 0. The first-order chi connectivity index (χ1) is 7.47. The van der Waals surface area contributed by atoms with Gasteiger partial charge in [-0.05, 0) is 56.1 Å². The van der Waals surface area contributed by atoms with E-state index in [0.29, 0.717) is 0 Å². The molecule has 0 aromatic heterocycles. The van der Waals surface area contributed by atoms with Crippen LogP contribution in [0.15, 0.2) is 18.2 Å². The molecule has 88 valence electrons. The van der Waals surface area contributed by atoms with Gasteiger partial charge in [0, 0.05) is 0 Å². The van der Waals surface area contributed by atoms with Crippen LogP contribution in [0.2, 0.25) is 19.6 Å². The first-order valence-electron chi connectivity index (χ1n) is 5.96.